The van der Waals surface area contributed by atoms with Gasteiger partial charge in [0.05, 0.1) is 6.04 Å². The molecule has 1 aromatic carbocycles. The van der Waals surface area contributed by atoms with Crippen LogP contribution in [0.4, 0.5) is 0 Å². The first-order valence-electron chi connectivity index (χ1n) is 10.8. The second-order valence-electron chi connectivity index (χ2n) is 7.90. The topological polar surface area (TPSA) is 56.7 Å². The third-order valence-corrected chi connectivity index (χ3v) is 7.90. The third kappa shape index (κ3) is 8.82. The molecule has 2 aromatic rings. The molecule has 2 heterocycles. The van der Waals surface area contributed by atoms with E-state index >= 15 is 0 Å². The predicted molar refractivity (Wildman–Crippen MR) is 145 cm³/mol. The molecule has 2 atom stereocenters. The summed E-state index contributed by atoms with van der Waals surface area (Å²) in [7, 11) is 0.905. The van der Waals surface area contributed by atoms with E-state index in [4.69, 9.17) is 0 Å². The van der Waals surface area contributed by atoms with Crippen molar-refractivity contribution in [2.24, 2.45) is 10.9 Å². The van der Waals surface area contributed by atoms with Crippen LogP contribution in [0.3, 0.4) is 0 Å². The van der Waals surface area contributed by atoms with Crippen molar-refractivity contribution in [2.75, 3.05) is 39.0 Å². The monoisotopic (exact) mass is 574 g/mol. The van der Waals surface area contributed by atoms with Crippen LogP contribution in [0.5, 0.6) is 0 Å². The fourth-order valence-electron chi connectivity index (χ4n) is 3.76. The first-order chi connectivity index (χ1) is 14.7. The summed E-state index contributed by atoms with van der Waals surface area (Å²) in [5.74, 6) is 2.80. The van der Waals surface area contributed by atoms with Gasteiger partial charge >= 0.3 is 0 Å². The zero-order valence-corrected chi connectivity index (χ0v) is 22.4. The molecule has 1 fully saturated rings. The summed E-state index contributed by atoms with van der Waals surface area (Å²) in [6.45, 7) is 6.11. The second-order valence-corrected chi connectivity index (χ2v) is 10.5. The second kappa shape index (κ2) is 14.2. The smallest absolute Gasteiger partial charge is 0.191 e. The van der Waals surface area contributed by atoms with Gasteiger partial charge in [-0.3, -0.25) is 14.1 Å². The van der Waals surface area contributed by atoms with Gasteiger partial charge in [0.25, 0.3) is 0 Å². The molecule has 0 saturated carbocycles. The Morgan fingerprint density at radius 1 is 1.19 bits per heavy atom. The molecule has 1 aliphatic rings. The van der Waals surface area contributed by atoms with Gasteiger partial charge in [0.2, 0.25) is 0 Å². The lowest BCUT2D eigenvalue weighted by molar-refractivity contribution is 0.140. The van der Waals surface area contributed by atoms with Crippen LogP contribution in [-0.2, 0) is 16.6 Å². The summed E-state index contributed by atoms with van der Waals surface area (Å²) in [6, 6.07) is 14.7. The molecule has 0 spiro atoms. The van der Waals surface area contributed by atoms with Gasteiger partial charge in [-0.2, -0.15) is 0 Å². The highest BCUT2D eigenvalue weighted by atomic mass is 127. The molecule has 0 amide bonds. The van der Waals surface area contributed by atoms with Crippen molar-refractivity contribution < 1.29 is 4.21 Å². The molecule has 1 aromatic heterocycles. The summed E-state index contributed by atoms with van der Waals surface area (Å²) in [6.07, 6.45) is 2.53. The number of benzene rings is 1. The van der Waals surface area contributed by atoms with E-state index in [0.29, 0.717) is 24.1 Å². The van der Waals surface area contributed by atoms with Crippen LogP contribution in [0, 0.1) is 5.92 Å². The minimum absolute atomic E-state index is 0. The van der Waals surface area contributed by atoms with Crippen LogP contribution in [0.15, 0.2) is 52.8 Å². The van der Waals surface area contributed by atoms with E-state index in [9.17, 15) is 4.21 Å². The van der Waals surface area contributed by atoms with Crippen LogP contribution in [-0.4, -0.2) is 54.0 Å². The average molecular weight is 575 g/mol. The highest BCUT2D eigenvalue weighted by molar-refractivity contribution is 14.0. The summed E-state index contributed by atoms with van der Waals surface area (Å²) < 4.78 is 12.3. The van der Waals surface area contributed by atoms with E-state index in [1.807, 2.05) is 41.7 Å². The number of piperidine rings is 1. The number of rotatable bonds is 9. The maximum atomic E-state index is 12.3. The maximum absolute atomic E-state index is 12.3. The van der Waals surface area contributed by atoms with E-state index in [2.05, 4.69) is 45.0 Å². The van der Waals surface area contributed by atoms with Crippen molar-refractivity contribution in [3.05, 3.63) is 58.3 Å². The molecule has 0 aliphatic carbocycles. The number of nitrogens with one attached hydrogen (secondary N) is 2. The Morgan fingerprint density at radius 3 is 2.58 bits per heavy atom. The number of hydrogen-bond donors (Lipinski definition) is 2. The molecule has 2 N–H and O–H groups in total. The molecule has 31 heavy (non-hydrogen) atoms. The van der Waals surface area contributed by atoms with Crippen molar-refractivity contribution in [2.45, 2.75) is 31.6 Å². The number of hydrogen-bond acceptors (Lipinski definition) is 4. The first kappa shape index (κ1) is 26.3. The van der Waals surface area contributed by atoms with Gasteiger partial charge in [-0.25, -0.2) is 0 Å². The SMILES string of the molecule is CN=C(NCCS(=O)Cc1ccccc1)NCC(c1cccs1)N1CCC(C)CC1.I. The third-order valence-electron chi connectivity index (χ3n) is 5.61. The molecule has 1 saturated heterocycles. The molecule has 0 radical (unpaired) electrons. The zero-order chi connectivity index (χ0) is 21.2. The Morgan fingerprint density at radius 2 is 1.94 bits per heavy atom. The molecule has 5 nitrogen and oxygen atoms in total. The van der Waals surface area contributed by atoms with E-state index in [0.717, 1.165) is 37.1 Å². The minimum atomic E-state index is -0.886. The van der Waals surface area contributed by atoms with Crippen LogP contribution < -0.4 is 10.6 Å². The lowest BCUT2D eigenvalue weighted by atomic mass is 9.97. The van der Waals surface area contributed by atoms with E-state index in [1.54, 1.807) is 7.05 Å². The first-order valence-corrected chi connectivity index (χ1v) is 13.1. The Hall–Kier alpha value is -0.970. The lowest BCUT2D eigenvalue weighted by Gasteiger charge is -2.36. The fourth-order valence-corrected chi connectivity index (χ4v) is 5.66. The zero-order valence-electron chi connectivity index (χ0n) is 18.5. The van der Waals surface area contributed by atoms with Gasteiger partial charge in [-0.1, -0.05) is 43.3 Å². The van der Waals surface area contributed by atoms with Gasteiger partial charge in [0, 0.05) is 47.3 Å². The average Bonchev–Trinajstić information content (AvgIpc) is 3.29. The molecule has 0 bridgehead atoms. The number of guanidine groups is 1. The lowest BCUT2D eigenvalue weighted by Crippen LogP contribution is -2.45. The summed E-state index contributed by atoms with van der Waals surface area (Å²) in [4.78, 5) is 8.36. The normalized spacial score (nSPS) is 17.5. The van der Waals surface area contributed by atoms with Gasteiger partial charge in [0.1, 0.15) is 0 Å². The quantitative estimate of drug-likeness (QED) is 0.267. The molecular formula is C23H35IN4OS2. The van der Waals surface area contributed by atoms with Crippen molar-refractivity contribution >= 4 is 52.1 Å². The number of halogens is 1. The van der Waals surface area contributed by atoms with Gasteiger partial charge in [-0.15, -0.1) is 35.3 Å². The van der Waals surface area contributed by atoms with E-state index in [-0.39, 0.29) is 24.0 Å². The summed E-state index contributed by atoms with van der Waals surface area (Å²) >= 11 is 1.83. The molecule has 8 heteroatoms. The number of nitrogens with zero attached hydrogens (tertiary/aromatic N) is 2. The molecule has 2 unspecified atom stereocenters. The molecule has 1 aliphatic heterocycles. The Labute approximate surface area is 210 Å². The van der Waals surface area contributed by atoms with Crippen molar-refractivity contribution in [3.8, 4) is 0 Å². The van der Waals surface area contributed by atoms with Gasteiger partial charge in [0.15, 0.2) is 5.96 Å². The van der Waals surface area contributed by atoms with Gasteiger partial charge < -0.3 is 10.6 Å². The highest BCUT2D eigenvalue weighted by Gasteiger charge is 2.25. The van der Waals surface area contributed by atoms with E-state index in [1.165, 1.54) is 17.7 Å². The number of aliphatic imine (C=N–C) groups is 1. The van der Waals surface area contributed by atoms with Crippen molar-refractivity contribution in [1.82, 2.24) is 15.5 Å². The van der Waals surface area contributed by atoms with Crippen LogP contribution >= 0.6 is 35.3 Å². The summed E-state index contributed by atoms with van der Waals surface area (Å²) in [5.41, 5.74) is 1.12. The van der Waals surface area contributed by atoms with Crippen molar-refractivity contribution in [3.63, 3.8) is 0 Å². The Kier molecular flexibility index (Phi) is 12.1. The van der Waals surface area contributed by atoms with E-state index < -0.39 is 10.8 Å². The van der Waals surface area contributed by atoms with Crippen LogP contribution in [0.25, 0.3) is 0 Å². The largest absolute Gasteiger partial charge is 0.355 e. The molecular weight excluding hydrogens is 539 g/mol. The number of thiophene rings is 1. The maximum Gasteiger partial charge on any atom is 0.191 e. The summed E-state index contributed by atoms with van der Waals surface area (Å²) in [5, 5.41) is 8.98. The molecule has 172 valence electrons. The number of likely N-dealkylation sites (tertiary alicyclic amines) is 1. The Balaban J connectivity index is 0.00000341. The van der Waals surface area contributed by atoms with Crippen molar-refractivity contribution in [1.29, 1.82) is 0 Å². The van der Waals surface area contributed by atoms with Crippen LogP contribution in [0.2, 0.25) is 0 Å². The fraction of sp³-hybridized carbons (Fsp3) is 0.522. The highest BCUT2D eigenvalue weighted by Crippen LogP contribution is 2.29. The van der Waals surface area contributed by atoms with Crippen LogP contribution in [0.1, 0.15) is 36.2 Å². The van der Waals surface area contributed by atoms with Gasteiger partial charge in [-0.05, 0) is 48.9 Å². The standard InChI is InChI=1S/C23H34N4OS2.HI/c1-19-10-13-27(14-11-19)21(22-9-6-15-29-22)17-26-23(24-2)25-12-16-30(28)18-20-7-4-3-5-8-20;/h3-9,15,19,21H,10-14,16-18H2,1-2H3,(H2,24,25,26);1H. The Bertz CT molecular complexity index is 793. The minimum Gasteiger partial charge on any atom is -0.355 e. The molecule has 3 rings (SSSR count). The predicted octanol–water partition coefficient (Wildman–Crippen LogP) is 4.25.